The molecule has 0 aliphatic heterocycles. The Morgan fingerprint density at radius 2 is 2.20 bits per heavy atom. The van der Waals surface area contributed by atoms with Crippen LogP contribution in [0.4, 0.5) is 0 Å². The predicted octanol–water partition coefficient (Wildman–Crippen LogP) is -0.924. The Morgan fingerprint density at radius 3 is 2.60 bits per heavy atom. The van der Waals surface area contributed by atoms with Gasteiger partial charge in [0.15, 0.2) is 0 Å². The van der Waals surface area contributed by atoms with Crippen LogP contribution in [0.2, 0.25) is 0 Å². The van der Waals surface area contributed by atoms with Crippen LogP contribution in [-0.2, 0) is 0 Å². The molecule has 0 bridgehead atoms. The zero-order valence-corrected chi connectivity index (χ0v) is 6.80. The average molecular weight is 146 g/mol. The minimum atomic E-state index is -0.107. The first-order valence-corrected chi connectivity index (χ1v) is 3.61. The van der Waals surface area contributed by atoms with Crippen LogP contribution in [0, 0.1) is 0 Å². The van der Waals surface area contributed by atoms with Crippen molar-refractivity contribution in [1.29, 1.82) is 0 Å². The highest BCUT2D eigenvalue weighted by molar-refractivity contribution is 4.56. The molecule has 5 N–H and O–H groups in total. The first kappa shape index (κ1) is 9.84. The van der Waals surface area contributed by atoms with Crippen molar-refractivity contribution in [2.24, 2.45) is 11.5 Å². The van der Waals surface area contributed by atoms with Crippen LogP contribution in [0.1, 0.15) is 13.3 Å². The fourth-order valence-corrected chi connectivity index (χ4v) is 0.768. The molecule has 4 nitrogen and oxygen atoms in total. The second kappa shape index (κ2) is 5.61. The largest absolute Gasteiger partial charge is 0.318 e. The molecule has 0 aromatic rings. The number of hydrogen-bond donors (Lipinski definition) is 3. The highest BCUT2D eigenvalue weighted by Crippen LogP contribution is 1.86. The van der Waals surface area contributed by atoms with Gasteiger partial charge in [-0.25, -0.2) is 0 Å². The lowest BCUT2D eigenvalue weighted by Gasteiger charge is -2.23. The van der Waals surface area contributed by atoms with Gasteiger partial charge in [-0.1, -0.05) is 6.92 Å². The van der Waals surface area contributed by atoms with E-state index in [1.54, 1.807) is 0 Å². The number of hydrogen-bond acceptors (Lipinski definition) is 4. The fourth-order valence-electron chi connectivity index (χ4n) is 0.768. The second-order valence-electron chi connectivity index (χ2n) is 2.33. The van der Waals surface area contributed by atoms with E-state index >= 15 is 0 Å². The topological polar surface area (TPSA) is 67.3 Å². The van der Waals surface area contributed by atoms with Gasteiger partial charge in [-0.05, 0) is 13.5 Å². The van der Waals surface area contributed by atoms with Crippen molar-refractivity contribution in [3.8, 4) is 0 Å². The Balaban J connectivity index is 3.38. The number of nitrogens with one attached hydrogen (secondary N) is 1. The van der Waals surface area contributed by atoms with E-state index in [0.29, 0.717) is 6.67 Å². The summed E-state index contributed by atoms with van der Waals surface area (Å²) in [6.07, 6.45) is 1.00. The zero-order valence-electron chi connectivity index (χ0n) is 6.80. The van der Waals surface area contributed by atoms with Crippen molar-refractivity contribution in [1.82, 2.24) is 10.2 Å². The molecular weight excluding hydrogens is 128 g/mol. The van der Waals surface area contributed by atoms with Gasteiger partial charge in [0.05, 0.1) is 0 Å². The quantitative estimate of drug-likeness (QED) is 0.439. The van der Waals surface area contributed by atoms with Gasteiger partial charge in [-0.3, -0.25) is 10.2 Å². The standard InChI is InChI=1S/C6H18N4/c1-3-4-10(2)6(8)9-5-7/h6,9H,3-5,7-8H2,1-2H3. The maximum atomic E-state index is 5.65. The van der Waals surface area contributed by atoms with E-state index in [2.05, 4.69) is 12.2 Å². The lowest BCUT2D eigenvalue weighted by Crippen LogP contribution is -2.52. The van der Waals surface area contributed by atoms with Crippen molar-refractivity contribution < 1.29 is 0 Å². The second-order valence-corrected chi connectivity index (χ2v) is 2.33. The van der Waals surface area contributed by atoms with Gasteiger partial charge in [0.25, 0.3) is 0 Å². The van der Waals surface area contributed by atoms with Crippen LogP contribution in [-0.4, -0.2) is 31.5 Å². The summed E-state index contributed by atoms with van der Waals surface area (Å²) in [5.74, 6) is 0. The Kier molecular flexibility index (Phi) is 5.52. The lowest BCUT2D eigenvalue weighted by atomic mass is 10.4. The Hall–Kier alpha value is -0.160. The maximum absolute atomic E-state index is 5.65. The third-order valence-electron chi connectivity index (χ3n) is 1.38. The average Bonchev–Trinajstić information content (AvgIpc) is 1.89. The molecule has 0 aliphatic carbocycles. The molecule has 1 unspecified atom stereocenters. The summed E-state index contributed by atoms with van der Waals surface area (Å²) in [5, 5.41) is 2.91. The third kappa shape index (κ3) is 3.79. The van der Waals surface area contributed by atoms with Crippen LogP contribution in [0.15, 0.2) is 0 Å². The van der Waals surface area contributed by atoms with Gasteiger partial charge >= 0.3 is 0 Å². The minimum Gasteiger partial charge on any atom is -0.318 e. The van der Waals surface area contributed by atoms with Gasteiger partial charge in [-0.2, -0.15) is 0 Å². The van der Waals surface area contributed by atoms with Gasteiger partial charge in [0, 0.05) is 13.2 Å². The van der Waals surface area contributed by atoms with Crippen molar-refractivity contribution in [3.05, 3.63) is 0 Å². The molecule has 0 aromatic carbocycles. The molecular formula is C6H18N4. The first-order chi connectivity index (χ1) is 4.72. The minimum absolute atomic E-state index is 0.107. The SMILES string of the molecule is CCCN(C)C(N)NCN. The summed E-state index contributed by atoms with van der Waals surface area (Å²) in [4.78, 5) is 2.02. The van der Waals surface area contributed by atoms with Crippen molar-refractivity contribution in [2.75, 3.05) is 20.3 Å². The molecule has 0 amide bonds. The van der Waals surface area contributed by atoms with E-state index in [-0.39, 0.29) is 6.29 Å². The Morgan fingerprint density at radius 1 is 1.60 bits per heavy atom. The lowest BCUT2D eigenvalue weighted by molar-refractivity contribution is 0.211. The van der Waals surface area contributed by atoms with Gasteiger partial charge in [0.2, 0.25) is 0 Å². The molecule has 0 radical (unpaired) electrons. The Labute approximate surface area is 62.6 Å². The summed E-state index contributed by atoms with van der Waals surface area (Å²) >= 11 is 0. The number of nitrogens with zero attached hydrogens (tertiary/aromatic N) is 1. The van der Waals surface area contributed by atoms with Crippen LogP contribution in [0.25, 0.3) is 0 Å². The first-order valence-electron chi connectivity index (χ1n) is 3.61. The van der Waals surface area contributed by atoms with Gasteiger partial charge in [0.1, 0.15) is 6.29 Å². The monoisotopic (exact) mass is 146 g/mol. The van der Waals surface area contributed by atoms with E-state index in [0.717, 1.165) is 13.0 Å². The van der Waals surface area contributed by atoms with Crippen molar-refractivity contribution >= 4 is 0 Å². The van der Waals surface area contributed by atoms with Gasteiger partial charge < -0.3 is 11.5 Å². The third-order valence-corrected chi connectivity index (χ3v) is 1.38. The molecule has 0 aliphatic rings. The molecule has 0 rings (SSSR count). The number of nitrogens with two attached hydrogens (primary N) is 2. The Bertz CT molecular complexity index is 66.1. The summed E-state index contributed by atoms with van der Waals surface area (Å²) in [6.45, 7) is 3.54. The summed E-state index contributed by atoms with van der Waals surface area (Å²) in [6, 6.07) is 0. The van der Waals surface area contributed by atoms with E-state index in [1.165, 1.54) is 0 Å². The van der Waals surface area contributed by atoms with E-state index in [1.807, 2.05) is 11.9 Å². The van der Waals surface area contributed by atoms with E-state index in [4.69, 9.17) is 11.5 Å². The summed E-state index contributed by atoms with van der Waals surface area (Å²) in [5.41, 5.74) is 10.9. The number of rotatable bonds is 5. The molecule has 0 heterocycles. The van der Waals surface area contributed by atoms with Crippen LogP contribution in [0.3, 0.4) is 0 Å². The van der Waals surface area contributed by atoms with E-state index < -0.39 is 0 Å². The smallest absolute Gasteiger partial charge is 0.112 e. The highest BCUT2D eigenvalue weighted by Gasteiger charge is 2.04. The molecule has 0 fully saturated rings. The van der Waals surface area contributed by atoms with E-state index in [9.17, 15) is 0 Å². The zero-order chi connectivity index (χ0) is 7.98. The maximum Gasteiger partial charge on any atom is 0.112 e. The normalized spacial score (nSPS) is 14.1. The summed E-state index contributed by atoms with van der Waals surface area (Å²) < 4.78 is 0. The molecule has 0 spiro atoms. The molecule has 10 heavy (non-hydrogen) atoms. The molecule has 0 aromatic heterocycles. The predicted molar refractivity (Wildman–Crippen MR) is 43.1 cm³/mol. The molecule has 0 saturated carbocycles. The van der Waals surface area contributed by atoms with Crippen LogP contribution in [0.5, 0.6) is 0 Å². The summed E-state index contributed by atoms with van der Waals surface area (Å²) in [7, 11) is 1.97. The molecule has 4 heteroatoms. The molecule has 0 saturated heterocycles. The van der Waals surface area contributed by atoms with Crippen molar-refractivity contribution in [2.45, 2.75) is 19.6 Å². The van der Waals surface area contributed by atoms with Crippen LogP contribution < -0.4 is 16.8 Å². The van der Waals surface area contributed by atoms with Crippen molar-refractivity contribution in [3.63, 3.8) is 0 Å². The fraction of sp³-hybridized carbons (Fsp3) is 1.00. The molecule has 62 valence electrons. The highest BCUT2D eigenvalue weighted by atomic mass is 15.3. The van der Waals surface area contributed by atoms with Crippen LogP contribution >= 0.6 is 0 Å². The molecule has 1 atom stereocenters. The van der Waals surface area contributed by atoms with Gasteiger partial charge in [-0.15, -0.1) is 0 Å².